The van der Waals surface area contributed by atoms with Gasteiger partial charge in [0.15, 0.2) is 0 Å². The highest BCUT2D eigenvalue weighted by Gasteiger charge is 2.41. The molecule has 1 aliphatic carbocycles. The van der Waals surface area contributed by atoms with Crippen molar-refractivity contribution in [2.75, 3.05) is 0 Å². The molecule has 0 N–H and O–H groups in total. The van der Waals surface area contributed by atoms with Crippen LogP contribution < -0.4 is 0 Å². The summed E-state index contributed by atoms with van der Waals surface area (Å²) in [4.78, 5) is 10.7. The maximum Gasteiger partial charge on any atom is 0.302 e. The van der Waals surface area contributed by atoms with Crippen LogP contribution in [0.15, 0.2) is 0 Å². The number of hydrogen-bond acceptors (Lipinski definition) is 3. The average molecular weight is 167 g/mol. The zero-order valence-electron chi connectivity index (χ0n) is 7.46. The lowest BCUT2D eigenvalue weighted by Gasteiger charge is -2.22. The molecule has 2 unspecified atom stereocenters. The molecule has 1 saturated carbocycles. The Kier molecular flexibility index (Phi) is 2.37. The maximum absolute atomic E-state index is 10.7. The highest BCUT2D eigenvalue weighted by atomic mass is 16.5. The molecule has 0 aromatic heterocycles. The van der Waals surface area contributed by atoms with E-state index in [9.17, 15) is 4.79 Å². The Morgan fingerprint density at radius 3 is 2.92 bits per heavy atom. The molecule has 2 atom stereocenters. The number of ether oxygens (including phenoxy) is 1. The number of esters is 1. The standard InChI is InChI=1S/C9H13NO2/c1-7(11)12-8-4-3-5-9(8,2)6-10/h8H,3-5H2,1-2H3. The lowest BCUT2D eigenvalue weighted by Crippen LogP contribution is -2.29. The second kappa shape index (κ2) is 3.14. The molecule has 1 fully saturated rings. The second-order valence-corrected chi connectivity index (χ2v) is 3.52. The summed E-state index contributed by atoms with van der Waals surface area (Å²) in [5, 5.41) is 8.87. The topological polar surface area (TPSA) is 50.1 Å². The van der Waals surface area contributed by atoms with E-state index >= 15 is 0 Å². The Hall–Kier alpha value is -1.04. The van der Waals surface area contributed by atoms with Crippen molar-refractivity contribution in [3.63, 3.8) is 0 Å². The monoisotopic (exact) mass is 167 g/mol. The first kappa shape index (κ1) is 9.05. The Morgan fingerprint density at radius 1 is 1.75 bits per heavy atom. The molecule has 3 heteroatoms. The second-order valence-electron chi connectivity index (χ2n) is 3.52. The van der Waals surface area contributed by atoms with E-state index in [4.69, 9.17) is 10.00 Å². The van der Waals surface area contributed by atoms with Gasteiger partial charge in [-0.15, -0.1) is 0 Å². The van der Waals surface area contributed by atoms with Gasteiger partial charge in [0.05, 0.1) is 11.5 Å². The fraction of sp³-hybridized carbons (Fsp3) is 0.778. The van der Waals surface area contributed by atoms with E-state index in [1.807, 2.05) is 6.92 Å². The summed E-state index contributed by atoms with van der Waals surface area (Å²) in [6.45, 7) is 3.24. The third-order valence-corrected chi connectivity index (χ3v) is 2.44. The summed E-state index contributed by atoms with van der Waals surface area (Å²) in [7, 11) is 0. The van der Waals surface area contributed by atoms with Crippen molar-refractivity contribution in [3.05, 3.63) is 0 Å². The van der Waals surface area contributed by atoms with Gasteiger partial charge in [0.25, 0.3) is 0 Å². The van der Waals surface area contributed by atoms with Crippen LogP contribution in [0.5, 0.6) is 0 Å². The summed E-state index contributed by atoms with van der Waals surface area (Å²) >= 11 is 0. The maximum atomic E-state index is 10.7. The van der Waals surface area contributed by atoms with Gasteiger partial charge in [0.1, 0.15) is 6.10 Å². The van der Waals surface area contributed by atoms with Crippen LogP contribution in [0.4, 0.5) is 0 Å². The molecule has 0 heterocycles. The first-order valence-corrected chi connectivity index (χ1v) is 4.17. The van der Waals surface area contributed by atoms with Crippen LogP contribution in [-0.2, 0) is 9.53 Å². The van der Waals surface area contributed by atoms with Crippen molar-refractivity contribution in [1.82, 2.24) is 0 Å². The van der Waals surface area contributed by atoms with Crippen LogP contribution in [-0.4, -0.2) is 12.1 Å². The Labute approximate surface area is 72.3 Å². The predicted molar refractivity (Wildman–Crippen MR) is 43.1 cm³/mol. The number of nitrogens with zero attached hydrogens (tertiary/aromatic N) is 1. The van der Waals surface area contributed by atoms with Gasteiger partial charge >= 0.3 is 5.97 Å². The van der Waals surface area contributed by atoms with Crippen molar-refractivity contribution >= 4 is 5.97 Å². The lowest BCUT2D eigenvalue weighted by molar-refractivity contribution is -0.149. The Balaban J connectivity index is 2.65. The normalized spacial score (nSPS) is 34.2. The number of carbonyl (C=O) groups is 1. The van der Waals surface area contributed by atoms with E-state index in [-0.39, 0.29) is 12.1 Å². The molecule has 0 amide bonds. The van der Waals surface area contributed by atoms with Gasteiger partial charge in [-0.1, -0.05) is 0 Å². The quantitative estimate of drug-likeness (QED) is 0.558. The lowest BCUT2D eigenvalue weighted by atomic mass is 9.88. The third kappa shape index (κ3) is 1.58. The zero-order chi connectivity index (χ0) is 9.19. The van der Waals surface area contributed by atoms with Crippen LogP contribution in [0.2, 0.25) is 0 Å². The van der Waals surface area contributed by atoms with E-state index in [0.29, 0.717) is 0 Å². The molecule has 0 radical (unpaired) electrons. The Morgan fingerprint density at radius 2 is 2.42 bits per heavy atom. The van der Waals surface area contributed by atoms with Gasteiger partial charge in [0, 0.05) is 6.92 Å². The summed E-state index contributed by atoms with van der Waals surface area (Å²) < 4.78 is 5.06. The number of nitriles is 1. The molecule has 0 aromatic carbocycles. The fourth-order valence-electron chi connectivity index (χ4n) is 1.65. The zero-order valence-corrected chi connectivity index (χ0v) is 7.46. The average Bonchev–Trinajstić information content (AvgIpc) is 2.33. The van der Waals surface area contributed by atoms with Crippen molar-refractivity contribution in [2.24, 2.45) is 5.41 Å². The van der Waals surface area contributed by atoms with Gasteiger partial charge in [-0.3, -0.25) is 4.79 Å². The van der Waals surface area contributed by atoms with Gasteiger partial charge in [-0.05, 0) is 26.2 Å². The molecular formula is C9H13NO2. The highest BCUT2D eigenvalue weighted by molar-refractivity contribution is 5.66. The predicted octanol–water partition coefficient (Wildman–Crippen LogP) is 1.63. The molecular weight excluding hydrogens is 154 g/mol. The Bertz CT molecular complexity index is 231. The first-order chi connectivity index (χ1) is 5.58. The molecule has 0 bridgehead atoms. The van der Waals surface area contributed by atoms with Gasteiger partial charge < -0.3 is 4.74 Å². The minimum Gasteiger partial charge on any atom is -0.461 e. The molecule has 1 aliphatic rings. The molecule has 12 heavy (non-hydrogen) atoms. The fourth-order valence-corrected chi connectivity index (χ4v) is 1.65. The van der Waals surface area contributed by atoms with Crippen molar-refractivity contribution < 1.29 is 9.53 Å². The smallest absolute Gasteiger partial charge is 0.302 e. The minimum absolute atomic E-state index is 0.194. The van der Waals surface area contributed by atoms with Gasteiger partial charge in [-0.25, -0.2) is 0 Å². The highest BCUT2D eigenvalue weighted by Crippen LogP contribution is 2.39. The van der Waals surface area contributed by atoms with Crippen LogP contribution in [0.3, 0.4) is 0 Å². The van der Waals surface area contributed by atoms with E-state index in [1.54, 1.807) is 0 Å². The molecule has 66 valence electrons. The van der Waals surface area contributed by atoms with Crippen molar-refractivity contribution in [3.8, 4) is 6.07 Å². The largest absolute Gasteiger partial charge is 0.461 e. The molecule has 0 aromatic rings. The molecule has 1 rings (SSSR count). The van der Waals surface area contributed by atoms with Gasteiger partial charge in [0.2, 0.25) is 0 Å². The molecule has 0 spiro atoms. The van der Waals surface area contributed by atoms with E-state index in [1.165, 1.54) is 6.92 Å². The van der Waals surface area contributed by atoms with Crippen molar-refractivity contribution in [2.45, 2.75) is 39.2 Å². The molecule has 0 saturated heterocycles. The summed E-state index contributed by atoms with van der Waals surface area (Å²) in [6, 6.07) is 2.22. The third-order valence-electron chi connectivity index (χ3n) is 2.44. The van der Waals surface area contributed by atoms with Crippen LogP contribution in [0.25, 0.3) is 0 Å². The van der Waals surface area contributed by atoms with E-state index < -0.39 is 5.41 Å². The van der Waals surface area contributed by atoms with Crippen LogP contribution in [0, 0.1) is 16.7 Å². The summed E-state index contributed by atoms with van der Waals surface area (Å²) in [5.74, 6) is -0.289. The number of rotatable bonds is 1. The number of hydrogen-bond donors (Lipinski definition) is 0. The van der Waals surface area contributed by atoms with Crippen LogP contribution >= 0.6 is 0 Å². The van der Waals surface area contributed by atoms with Crippen molar-refractivity contribution in [1.29, 1.82) is 5.26 Å². The van der Waals surface area contributed by atoms with Crippen LogP contribution in [0.1, 0.15) is 33.1 Å². The number of carbonyl (C=O) groups excluding carboxylic acids is 1. The molecule has 3 nitrogen and oxygen atoms in total. The van der Waals surface area contributed by atoms with E-state index in [0.717, 1.165) is 19.3 Å². The minimum atomic E-state index is -0.453. The van der Waals surface area contributed by atoms with E-state index in [2.05, 4.69) is 6.07 Å². The van der Waals surface area contributed by atoms with Gasteiger partial charge in [-0.2, -0.15) is 5.26 Å². The SMILES string of the molecule is CC(=O)OC1CCCC1(C)C#N. The molecule has 0 aliphatic heterocycles. The first-order valence-electron chi connectivity index (χ1n) is 4.17. The summed E-state index contributed by atoms with van der Waals surface area (Å²) in [6.07, 6.45) is 2.44. The summed E-state index contributed by atoms with van der Waals surface area (Å²) in [5.41, 5.74) is -0.453.